The van der Waals surface area contributed by atoms with Crippen molar-refractivity contribution in [3.63, 3.8) is 0 Å². The number of nitro groups is 1. The van der Waals surface area contributed by atoms with Crippen LogP contribution >= 0.6 is 0 Å². The maximum atomic E-state index is 12.2. The first-order valence-electron chi connectivity index (χ1n) is 7.23. The van der Waals surface area contributed by atoms with Gasteiger partial charge in [0.05, 0.1) is 23.2 Å². The molecule has 0 aliphatic heterocycles. The third-order valence-corrected chi connectivity index (χ3v) is 3.25. The Hall–Kier alpha value is -3.40. The van der Waals surface area contributed by atoms with E-state index >= 15 is 0 Å². The number of hydrogen-bond donors (Lipinski definition) is 1. The van der Waals surface area contributed by atoms with Gasteiger partial charge in [-0.25, -0.2) is 0 Å². The van der Waals surface area contributed by atoms with Gasteiger partial charge in [0.15, 0.2) is 5.75 Å². The minimum absolute atomic E-state index is 0.131. The van der Waals surface area contributed by atoms with Crippen molar-refractivity contribution in [2.45, 2.75) is 13.5 Å². The Balaban J connectivity index is 2.10. The quantitative estimate of drug-likeness (QED) is 0.649. The number of carbonyl (C=O) groups is 1. The summed E-state index contributed by atoms with van der Waals surface area (Å²) in [7, 11) is 0. The lowest BCUT2D eigenvalue weighted by atomic mass is 10.1. The van der Waals surface area contributed by atoms with E-state index in [0.29, 0.717) is 12.2 Å². The number of hydrogen-bond acceptors (Lipinski definition) is 5. The van der Waals surface area contributed by atoms with Gasteiger partial charge >= 0.3 is 5.69 Å². The number of nitriles is 1. The van der Waals surface area contributed by atoms with Crippen LogP contribution < -0.4 is 10.1 Å². The highest BCUT2D eigenvalue weighted by atomic mass is 16.6. The largest absolute Gasteiger partial charge is 0.487 e. The molecule has 0 bridgehead atoms. The fourth-order valence-corrected chi connectivity index (χ4v) is 2.06. The van der Waals surface area contributed by atoms with E-state index in [0.717, 1.165) is 5.56 Å². The SMILES string of the molecule is CCOc1ccc(C(=O)NCc2ccc(C#N)cc2)cc1[N+](=O)[O-]. The highest BCUT2D eigenvalue weighted by Gasteiger charge is 2.18. The van der Waals surface area contributed by atoms with Gasteiger partial charge in [-0.15, -0.1) is 0 Å². The zero-order valence-electron chi connectivity index (χ0n) is 13.0. The molecule has 0 heterocycles. The molecule has 0 spiro atoms. The molecule has 0 aliphatic rings. The minimum Gasteiger partial charge on any atom is -0.487 e. The highest BCUT2D eigenvalue weighted by Crippen LogP contribution is 2.27. The normalized spacial score (nSPS) is 9.83. The first kappa shape index (κ1) is 17.0. The van der Waals surface area contributed by atoms with Crippen LogP contribution in [0.4, 0.5) is 5.69 Å². The molecule has 0 aliphatic carbocycles. The van der Waals surface area contributed by atoms with Crippen molar-refractivity contribution in [1.82, 2.24) is 5.32 Å². The van der Waals surface area contributed by atoms with Gasteiger partial charge in [-0.05, 0) is 36.8 Å². The van der Waals surface area contributed by atoms with Crippen LogP contribution in [0.1, 0.15) is 28.4 Å². The molecule has 2 rings (SSSR count). The summed E-state index contributed by atoms with van der Waals surface area (Å²) in [4.78, 5) is 22.7. The van der Waals surface area contributed by atoms with Gasteiger partial charge in [0.25, 0.3) is 5.91 Å². The zero-order chi connectivity index (χ0) is 17.5. The van der Waals surface area contributed by atoms with Crippen molar-refractivity contribution in [1.29, 1.82) is 5.26 Å². The van der Waals surface area contributed by atoms with E-state index in [1.54, 1.807) is 31.2 Å². The second-order valence-corrected chi connectivity index (χ2v) is 4.86. The average Bonchev–Trinajstić information content (AvgIpc) is 2.60. The molecular weight excluding hydrogens is 310 g/mol. The molecule has 1 N–H and O–H groups in total. The van der Waals surface area contributed by atoms with E-state index in [-0.39, 0.29) is 23.5 Å². The topological polar surface area (TPSA) is 105 Å². The molecule has 0 saturated heterocycles. The minimum atomic E-state index is -0.581. The van der Waals surface area contributed by atoms with Gasteiger partial charge < -0.3 is 10.1 Å². The van der Waals surface area contributed by atoms with E-state index in [9.17, 15) is 14.9 Å². The number of nitrogens with zero attached hydrogens (tertiary/aromatic N) is 2. The number of amides is 1. The fourth-order valence-electron chi connectivity index (χ4n) is 2.06. The van der Waals surface area contributed by atoms with E-state index in [1.807, 2.05) is 6.07 Å². The number of ether oxygens (including phenoxy) is 1. The molecule has 0 radical (unpaired) electrons. The number of rotatable bonds is 6. The summed E-state index contributed by atoms with van der Waals surface area (Å²) < 4.78 is 5.18. The molecule has 7 nitrogen and oxygen atoms in total. The third-order valence-electron chi connectivity index (χ3n) is 3.25. The van der Waals surface area contributed by atoms with Crippen LogP contribution in [0.25, 0.3) is 0 Å². The lowest BCUT2D eigenvalue weighted by Gasteiger charge is -2.08. The summed E-state index contributed by atoms with van der Waals surface area (Å²) in [6, 6.07) is 12.9. The number of nitro benzene ring substituents is 1. The van der Waals surface area contributed by atoms with Gasteiger partial charge in [-0.2, -0.15) is 5.26 Å². The number of benzene rings is 2. The van der Waals surface area contributed by atoms with Gasteiger partial charge in [0.2, 0.25) is 0 Å². The zero-order valence-corrected chi connectivity index (χ0v) is 13.0. The summed E-state index contributed by atoms with van der Waals surface area (Å²) >= 11 is 0. The summed E-state index contributed by atoms with van der Waals surface area (Å²) in [5, 5.41) is 22.5. The molecule has 7 heteroatoms. The Kier molecular flexibility index (Phi) is 5.47. The molecule has 0 aromatic heterocycles. The van der Waals surface area contributed by atoms with Crippen molar-refractivity contribution < 1.29 is 14.5 Å². The van der Waals surface area contributed by atoms with Crippen LogP contribution in [0.3, 0.4) is 0 Å². The Morgan fingerprint density at radius 1 is 1.29 bits per heavy atom. The highest BCUT2D eigenvalue weighted by molar-refractivity contribution is 5.95. The van der Waals surface area contributed by atoms with Gasteiger partial charge in [-0.3, -0.25) is 14.9 Å². The fraction of sp³-hybridized carbons (Fsp3) is 0.176. The smallest absolute Gasteiger partial charge is 0.311 e. The van der Waals surface area contributed by atoms with Crippen molar-refractivity contribution >= 4 is 11.6 Å². The first-order valence-corrected chi connectivity index (χ1v) is 7.23. The lowest BCUT2D eigenvalue weighted by Crippen LogP contribution is -2.22. The van der Waals surface area contributed by atoms with Crippen LogP contribution in [0.2, 0.25) is 0 Å². The van der Waals surface area contributed by atoms with Crippen molar-refractivity contribution in [2.75, 3.05) is 6.61 Å². The molecule has 2 aromatic carbocycles. The van der Waals surface area contributed by atoms with Gasteiger partial charge in [0.1, 0.15) is 0 Å². The summed E-state index contributed by atoms with van der Waals surface area (Å²) in [5.41, 5.74) is 1.29. The van der Waals surface area contributed by atoms with Gasteiger partial charge in [-0.1, -0.05) is 12.1 Å². The third kappa shape index (κ3) is 4.08. The Morgan fingerprint density at radius 3 is 2.58 bits per heavy atom. The maximum Gasteiger partial charge on any atom is 0.311 e. The molecule has 0 atom stereocenters. The van der Waals surface area contributed by atoms with Crippen LogP contribution in [0.15, 0.2) is 42.5 Å². The van der Waals surface area contributed by atoms with Crippen LogP contribution in [0, 0.1) is 21.4 Å². The number of nitrogens with one attached hydrogen (secondary N) is 1. The second kappa shape index (κ2) is 7.74. The van der Waals surface area contributed by atoms with Gasteiger partial charge in [0, 0.05) is 18.2 Å². The van der Waals surface area contributed by atoms with Crippen molar-refractivity contribution in [2.24, 2.45) is 0 Å². The van der Waals surface area contributed by atoms with Crippen LogP contribution in [0.5, 0.6) is 5.75 Å². The summed E-state index contributed by atoms with van der Waals surface area (Å²) in [6.45, 7) is 2.28. The van der Waals surface area contributed by atoms with Crippen LogP contribution in [-0.2, 0) is 6.54 Å². The van der Waals surface area contributed by atoms with Crippen molar-refractivity contribution in [3.05, 3.63) is 69.3 Å². The first-order chi connectivity index (χ1) is 11.5. The predicted molar refractivity (Wildman–Crippen MR) is 86.6 cm³/mol. The maximum absolute atomic E-state index is 12.2. The second-order valence-electron chi connectivity index (χ2n) is 4.86. The summed E-state index contributed by atoms with van der Waals surface area (Å²) in [6.07, 6.45) is 0. The Morgan fingerprint density at radius 2 is 2.00 bits per heavy atom. The predicted octanol–water partition coefficient (Wildman–Crippen LogP) is 2.80. The van der Waals surface area contributed by atoms with Crippen LogP contribution in [-0.4, -0.2) is 17.4 Å². The molecule has 0 fully saturated rings. The molecule has 1 amide bonds. The van der Waals surface area contributed by atoms with E-state index in [2.05, 4.69) is 5.32 Å². The monoisotopic (exact) mass is 325 g/mol. The summed E-state index contributed by atoms with van der Waals surface area (Å²) in [5.74, 6) is -0.295. The molecule has 0 unspecified atom stereocenters. The van der Waals surface area contributed by atoms with E-state index in [4.69, 9.17) is 10.00 Å². The van der Waals surface area contributed by atoms with E-state index in [1.165, 1.54) is 18.2 Å². The Bertz CT molecular complexity index is 794. The van der Waals surface area contributed by atoms with Crippen molar-refractivity contribution in [3.8, 4) is 11.8 Å². The number of carbonyl (C=O) groups excluding carboxylic acids is 1. The molecular formula is C17H15N3O4. The molecule has 0 saturated carbocycles. The average molecular weight is 325 g/mol. The molecule has 24 heavy (non-hydrogen) atoms. The standard InChI is InChI=1S/C17H15N3O4/c1-2-24-16-8-7-14(9-15(16)20(22)23)17(21)19-11-13-5-3-12(10-18)4-6-13/h3-9H,2,11H2,1H3,(H,19,21). The van der Waals surface area contributed by atoms with E-state index < -0.39 is 10.8 Å². The lowest BCUT2D eigenvalue weighted by molar-refractivity contribution is -0.385. The molecule has 2 aromatic rings. The Labute approximate surface area is 138 Å². The molecule has 122 valence electrons.